The van der Waals surface area contributed by atoms with Crippen LogP contribution in [0.5, 0.6) is 0 Å². The van der Waals surface area contributed by atoms with Crippen LogP contribution in [0.25, 0.3) is 11.1 Å². The smallest absolute Gasteiger partial charge is 0.407 e. The molecule has 8 heteroatoms. The molecule has 2 N–H and O–H groups in total. The van der Waals surface area contributed by atoms with Gasteiger partial charge in [0.2, 0.25) is 0 Å². The van der Waals surface area contributed by atoms with Gasteiger partial charge in [0.15, 0.2) is 0 Å². The first-order valence-electron chi connectivity index (χ1n) is 9.18. The predicted molar refractivity (Wildman–Crippen MR) is 97.3 cm³/mol. The van der Waals surface area contributed by atoms with E-state index in [0.717, 1.165) is 22.3 Å². The number of rotatable bonds is 4. The summed E-state index contributed by atoms with van der Waals surface area (Å²) in [5.74, 6) is -4.76. The molecule has 2 aliphatic carbocycles. The summed E-state index contributed by atoms with van der Waals surface area (Å²) >= 11 is 0. The third-order valence-corrected chi connectivity index (χ3v) is 5.74. The Hall–Kier alpha value is -3.03. The van der Waals surface area contributed by atoms with Crippen molar-refractivity contribution in [2.45, 2.75) is 24.6 Å². The summed E-state index contributed by atoms with van der Waals surface area (Å²) in [5, 5.41) is 11.2. The molecule has 2 aliphatic rings. The second kappa shape index (κ2) is 7.09. The molecule has 0 spiro atoms. The summed E-state index contributed by atoms with van der Waals surface area (Å²) in [7, 11) is 0. The van der Waals surface area contributed by atoms with Crippen LogP contribution in [0.15, 0.2) is 48.5 Å². The fraction of sp³-hybridized carbons (Fsp3) is 0.333. The number of ether oxygens (including phenoxy) is 1. The number of fused-ring (bicyclic) bond motifs is 3. The number of benzene rings is 2. The summed E-state index contributed by atoms with van der Waals surface area (Å²) in [5.41, 5.74) is 4.00. The molecule has 2 aromatic rings. The quantitative estimate of drug-likeness (QED) is 0.800. The van der Waals surface area contributed by atoms with Crippen LogP contribution < -0.4 is 5.32 Å². The molecule has 0 aromatic heterocycles. The molecule has 29 heavy (non-hydrogen) atoms. The Kier molecular flexibility index (Phi) is 4.72. The minimum atomic E-state index is -4.58. The van der Waals surface area contributed by atoms with Gasteiger partial charge < -0.3 is 15.2 Å². The maximum atomic E-state index is 13.0. The minimum absolute atomic E-state index is 0.0546. The highest BCUT2D eigenvalue weighted by atomic mass is 19.4. The molecule has 0 heterocycles. The van der Waals surface area contributed by atoms with E-state index in [4.69, 9.17) is 9.84 Å². The Morgan fingerprint density at radius 1 is 1.03 bits per heavy atom. The van der Waals surface area contributed by atoms with Crippen LogP contribution in [-0.4, -0.2) is 36.0 Å². The first kappa shape index (κ1) is 19.3. The third-order valence-electron chi connectivity index (χ3n) is 5.74. The second-order valence-corrected chi connectivity index (χ2v) is 7.32. The van der Waals surface area contributed by atoms with Crippen molar-refractivity contribution in [3.8, 4) is 11.1 Å². The van der Waals surface area contributed by atoms with E-state index in [9.17, 15) is 22.8 Å². The van der Waals surface area contributed by atoms with Crippen LogP contribution in [0.4, 0.5) is 18.0 Å². The molecule has 0 radical (unpaired) electrons. The van der Waals surface area contributed by atoms with Gasteiger partial charge in [-0.05, 0) is 28.7 Å². The minimum Gasteiger partial charge on any atom is -0.481 e. The van der Waals surface area contributed by atoms with Crippen molar-refractivity contribution in [1.82, 2.24) is 5.32 Å². The topological polar surface area (TPSA) is 75.6 Å². The summed E-state index contributed by atoms with van der Waals surface area (Å²) in [6, 6.07) is 13.8. The molecule has 5 nitrogen and oxygen atoms in total. The third kappa shape index (κ3) is 3.43. The van der Waals surface area contributed by atoms with Crippen LogP contribution in [0.1, 0.15) is 23.5 Å². The monoisotopic (exact) mass is 405 g/mol. The summed E-state index contributed by atoms with van der Waals surface area (Å²) in [6.45, 7) is -0.0546. The van der Waals surface area contributed by atoms with E-state index in [1.54, 1.807) is 0 Å². The SMILES string of the molecule is O=C(N[C@H]1[C@H](C(F)(F)F)C[C@H]1C(=O)O)OCC1c2ccccc2-c2ccccc21. The fourth-order valence-electron chi connectivity index (χ4n) is 4.22. The van der Waals surface area contributed by atoms with Gasteiger partial charge in [0.1, 0.15) is 6.61 Å². The number of carbonyl (C=O) groups excluding carboxylic acids is 1. The van der Waals surface area contributed by atoms with E-state index in [1.165, 1.54) is 0 Å². The highest BCUT2D eigenvalue weighted by Crippen LogP contribution is 2.46. The standard InChI is InChI=1S/C21H18F3NO4/c22-21(23,24)17-9-15(19(26)27)18(17)25-20(28)29-10-16-13-7-3-1-5-11(13)12-6-2-4-8-14(12)16/h1-8,15-18H,9-10H2,(H,25,28)(H,26,27)/t15-,17-,18-/m1/s1. The van der Waals surface area contributed by atoms with Crippen molar-refractivity contribution < 1.29 is 32.6 Å². The average molecular weight is 405 g/mol. The van der Waals surface area contributed by atoms with Gasteiger partial charge in [0.25, 0.3) is 0 Å². The van der Waals surface area contributed by atoms with Crippen molar-refractivity contribution in [2.75, 3.05) is 6.61 Å². The Balaban J connectivity index is 1.45. The number of amides is 1. The summed E-state index contributed by atoms with van der Waals surface area (Å²) in [6.07, 6.45) is -6.17. The number of carboxylic acids is 1. The molecule has 3 atom stereocenters. The van der Waals surface area contributed by atoms with E-state index >= 15 is 0 Å². The van der Waals surface area contributed by atoms with E-state index in [0.29, 0.717) is 0 Å². The summed E-state index contributed by atoms with van der Waals surface area (Å²) < 4.78 is 44.3. The molecular formula is C21H18F3NO4. The van der Waals surface area contributed by atoms with Crippen molar-refractivity contribution in [1.29, 1.82) is 0 Å². The first-order valence-corrected chi connectivity index (χ1v) is 9.18. The highest BCUT2D eigenvalue weighted by molar-refractivity contribution is 5.79. The predicted octanol–water partition coefficient (Wildman–Crippen LogP) is 4.18. The van der Waals surface area contributed by atoms with E-state index in [2.05, 4.69) is 5.32 Å². The molecule has 1 saturated carbocycles. The van der Waals surface area contributed by atoms with Gasteiger partial charge in [0, 0.05) is 5.92 Å². The number of halogens is 3. The van der Waals surface area contributed by atoms with Crippen molar-refractivity contribution in [2.24, 2.45) is 11.8 Å². The van der Waals surface area contributed by atoms with Gasteiger partial charge in [0.05, 0.1) is 17.9 Å². The maximum Gasteiger partial charge on any atom is 0.407 e. The van der Waals surface area contributed by atoms with Crippen LogP contribution in [0.3, 0.4) is 0 Å². The molecule has 2 aromatic carbocycles. The van der Waals surface area contributed by atoms with Gasteiger partial charge in [-0.3, -0.25) is 4.79 Å². The first-order chi connectivity index (χ1) is 13.8. The largest absolute Gasteiger partial charge is 0.481 e. The molecule has 0 unspecified atom stereocenters. The lowest BCUT2D eigenvalue weighted by Gasteiger charge is -2.42. The van der Waals surface area contributed by atoms with Crippen molar-refractivity contribution in [3.63, 3.8) is 0 Å². The Morgan fingerprint density at radius 3 is 2.10 bits per heavy atom. The van der Waals surface area contributed by atoms with Crippen LogP contribution in [0.2, 0.25) is 0 Å². The number of nitrogens with one attached hydrogen (secondary N) is 1. The molecule has 0 bridgehead atoms. The Labute approximate surface area is 164 Å². The fourth-order valence-corrected chi connectivity index (χ4v) is 4.22. The average Bonchev–Trinajstić information content (AvgIpc) is 2.96. The number of hydrogen-bond acceptors (Lipinski definition) is 3. The van der Waals surface area contributed by atoms with Crippen molar-refractivity contribution in [3.05, 3.63) is 59.7 Å². The van der Waals surface area contributed by atoms with Gasteiger partial charge in [-0.2, -0.15) is 13.2 Å². The number of alkyl carbamates (subject to hydrolysis) is 1. The zero-order valence-corrected chi connectivity index (χ0v) is 15.1. The lowest BCUT2D eigenvalue weighted by Crippen LogP contribution is -2.60. The van der Waals surface area contributed by atoms with Crippen molar-refractivity contribution >= 4 is 12.1 Å². The van der Waals surface area contributed by atoms with E-state index in [-0.39, 0.29) is 12.5 Å². The van der Waals surface area contributed by atoms with Crippen LogP contribution in [0, 0.1) is 11.8 Å². The number of carbonyl (C=O) groups is 2. The molecular weight excluding hydrogens is 387 g/mol. The molecule has 1 amide bonds. The van der Waals surface area contributed by atoms with Gasteiger partial charge in [-0.15, -0.1) is 0 Å². The number of alkyl halides is 3. The number of aliphatic carboxylic acids is 1. The normalized spacial score (nSPS) is 22.9. The Morgan fingerprint density at radius 2 is 1.59 bits per heavy atom. The second-order valence-electron chi connectivity index (χ2n) is 7.32. The van der Waals surface area contributed by atoms with Crippen LogP contribution >= 0.6 is 0 Å². The lowest BCUT2D eigenvalue weighted by molar-refractivity contribution is -0.217. The molecule has 152 valence electrons. The van der Waals surface area contributed by atoms with E-state index in [1.807, 2.05) is 48.5 Å². The zero-order valence-electron chi connectivity index (χ0n) is 15.1. The lowest BCUT2D eigenvalue weighted by atomic mass is 9.69. The highest BCUT2D eigenvalue weighted by Gasteiger charge is 2.58. The van der Waals surface area contributed by atoms with Crippen LogP contribution in [-0.2, 0) is 9.53 Å². The molecule has 4 rings (SSSR count). The van der Waals surface area contributed by atoms with Gasteiger partial charge in [-0.1, -0.05) is 48.5 Å². The molecule has 0 aliphatic heterocycles. The van der Waals surface area contributed by atoms with E-state index < -0.39 is 42.5 Å². The number of hydrogen-bond donors (Lipinski definition) is 2. The number of carboxylic acid groups (broad SMARTS) is 1. The van der Waals surface area contributed by atoms with Gasteiger partial charge >= 0.3 is 18.2 Å². The zero-order chi connectivity index (χ0) is 20.8. The maximum absolute atomic E-state index is 13.0. The molecule has 1 fully saturated rings. The Bertz CT molecular complexity index is 913. The summed E-state index contributed by atoms with van der Waals surface area (Å²) in [4.78, 5) is 23.3. The molecule has 0 saturated heterocycles. The van der Waals surface area contributed by atoms with Gasteiger partial charge in [-0.25, -0.2) is 4.79 Å².